The molecule has 0 aliphatic rings. The van der Waals surface area contributed by atoms with E-state index in [1.807, 2.05) is 6.07 Å². The Morgan fingerprint density at radius 3 is 2.42 bits per heavy atom. The maximum atomic E-state index is 12.9. The number of amides is 2. The molecule has 126 valence electrons. The molecule has 2 amide bonds. The van der Waals surface area contributed by atoms with Crippen LogP contribution in [-0.4, -0.2) is 29.8 Å². The molecule has 0 aromatic heterocycles. The van der Waals surface area contributed by atoms with Gasteiger partial charge in [-0.25, -0.2) is 4.39 Å². The molecule has 0 saturated carbocycles. The zero-order valence-corrected chi connectivity index (χ0v) is 14.8. The van der Waals surface area contributed by atoms with Crippen LogP contribution in [0, 0.1) is 5.82 Å². The minimum Gasteiger partial charge on any atom is -0.350 e. The molecular weight excluding hydrogens is 375 g/mol. The predicted octanol–water partition coefficient (Wildman–Crippen LogP) is 3.37. The predicted molar refractivity (Wildman–Crippen MR) is 94.0 cm³/mol. The molecule has 24 heavy (non-hydrogen) atoms. The van der Waals surface area contributed by atoms with E-state index >= 15 is 0 Å². The Morgan fingerprint density at radius 2 is 1.79 bits per heavy atom. The first-order valence-corrected chi connectivity index (χ1v) is 8.29. The lowest BCUT2D eigenvalue weighted by Gasteiger charge is -2.21. The Morgan fingerprint density at radius 1 is 1.12 bits per heavy atom. The van der Waals surface area contributed by atoms with Gasteiger partial charge in [-0.3, -0.25) is 9.59 Å². The molecule has 0 bridgehead atoms. The number of hydrogen-bond acceptors (Lipinski definition) is 2. The first-order chi connectivity index (χ1) is 11.5. The Bertz CT molecular complexity index is 719. The van der Waals surface area contributed by atoms with Gasteiger partial charge >= 0.3 is 0 Å². The average molecular weight is 393 g/mol. The monoisotopic (exact) mass is 392 g/mol. The minimum absolute atomic E-state index is 0.102. The van der Waals surface area contributed by atoms with E-state index in [9.17, 15) is 14.0 Å². The molecule has 2 aromatic rings. The summed E-state index contributed by atoms with van der Waals surface area (Å²) < 4.78 is 13.7. The Hall–Kier alpha value is -2.21. The summed E-state index contributed by atoms with van der Waals surface area (Å²) in [5, 5.41) is 2.80. The SMILES string of the molecule is CC(=O)N(CCNC(=O)c1ccccc1Br)Cc1ccc(F)cc1. The van der Waals surface area contributed by atoms with Crippen LogP contribution < -0.4 is 5.32 Å². The standard InChI is InChI=1S/C18H18BrFN2O2/c1-13(23)22(12-14-6-8-15(20)9-7-14)11-10-21-18(24)16-4-2-3-5-17(16)19/h2-9H,10-12H2,1H3,(H,21,24). The van der Waals surface area contributed by atoms with Crippen molar-refractivity contribution >= 4 is 27.7 Å². The summed E-state index contributed by atoms with van der Waals surface area (Å²) in [4.78, 5) is 25.5. The van der Waals surface area contributed by atoms with Crippen molar-refractivity contribution in [3.05, 3.63) is 69.9 Å². The topological polar surface area (TPSA) is 49.4 Å². The second-order valence-electron chi connectivity index (χ2n) is 5.30. The number of hydrogen-bond donors (Lipinski definition) is 1. The van der Waals surface area contributed by atoms with E-state index in [2.05, 4.69) is 21.2 Å². The lowest BCUT2D eigenvalue weighted by molar-refractivity contribution is -0.129. The Balaban J connectivity index is 1.90. The van der Waals surface area contributed by atoms with Gasteiger partial charge < -0.3 is 10.2 Å². The third-order valence-electron chi connectivity index (χ3n) is 3.52. The molecule has 0 fully saturated rings. The summed E-state index contributed by atoms with van der Waals surface area (Å²) in [6, 6.07) is 13.2. The highest BCUT2D eigenvalue weighted by atomic mass is 79.9. The van der Waals surface area contributed by atoms with E-state index < -0.39 is 0 Å². The van der Waals surface area contributed by atoms with E-state index in [1.165, 1.54) is 19.1 Å². The highest BCUT2D eigenvalue weighted by molar-refractivity contribution is 9.10. The molecule has 6 heteroatoms. The van der Waals surface area contributed by atoms with Crippen molar-refractivity contribution in [2.75, 3.05) is 13.1 Å². The summed E-state index contributed by atoms with van der Waals surface area (Å²) in [5.74, 6) is -0.615. The van der Waals surface area contributed by atoms with Crippen molar-refractivity contribution in [3.8, 4) is 0 Å². The summed E-state index contributed by atoms with van der Waals surface area (Å²) in [6.45, 7) is 2.56. The molecule has 0 unspecified atom stereocenters. The van der Waals surface area contributed by atoms with Gasteiger partial charge in [-0.2, -0.15) is 0 Å². The molecule has 0 heterocycles. The molecule has 1 N–H and O–H groups in total. The van der Waals surface area contributed by atoms with Crippen LogP contribution in [0.25, 0.3) is 0 Å². The summed E-state index contributed by atoms with van der Waals surface area (Å²) in [7, 11) is 0. The Kier molecular flexibility index (Phi) is 6.49. The molecule has 0 spiro atoms. The minimum atomic E-state index is -0.311. The van der Waals surface area contributed by atoms with Gasteiger partial charge in [-0.1, -0.05) is 24.3 Å². The van der Waals surface area contributed by atoms with Crippen LogP contribution >= 0.6 is 15.9 Å². The molecule has 0 aliphatic heterocycles. The number of carbonyl (C=O) groups is 2. The summed E-state index contributed by atoms with van der Waals surface area (Å²) in [6.07, 6.45) is 0. The van der Waals surface area contributed by atoms with Gasteiger partial charge in [0.2, 0.25) is 5.91 Å². The molecular formula is C18H18BrFN2O2. The van der Waals surface area contributed by atoms with Crippen molar-refractivity contribution in [2.45, 2.75) is 13.5 Å². The molecule has 2 rings (SSSR count). The second kappa shape index (κ2) is 8.59. The molecule has 0 atom stereocenters. The zero-order chi connectivity index (χ0) is 17.5. The quantitative estimate of drug-likeness (QED) is 0.818. The van der Waals surface area contributed by atoms with E-state index in [1.54, 1.807) is 35.2 Å². The summed E-state index contributed by atoms with van der Waals surface area (Å²) in [5.41, 5.74) is 1.38. The molecule has 4 nitrogen and oxygen atoms in total. The van der Waals surface area contributed by atoms with Crippen molar-refractivity contribution in [1.29, 1.82) is 0 Å². The van der Waals surface area contributed by atoms with Gasteiger partial charge in [0.1, 0.15) is 5.82 Å². The lowest BCUT2D eigenvalue weighted by atomic mass is 10.2. The van der Waals surface area contributed by atoms with E-state index in [4.69, 9.17) is 0 Å². The van der Waals surface area contributed by atoms with Crippen LogP contribution in [0.1, 0.15) is 22.8 Å². The van der Waals surface area contributed by atoms with Crippen LogP contribution in [0.3, 0.4) is 0 Å². The highest BCUT2D eigenvalue weighted by Crippen LogP contribution is 2.15. The maximum absolute atomic E-state index is 12.9. The first-order valence-electron chi connectivity index (χ1n) is 7.50. The number of halogens is 2. The largest absolute Gasteiger partial charge is 0.350 e. The van der Waals surface area contributed by atoms with Crippen LogP contribution in [0.5, 0.6) is 0 Å². The van der Waals surface area contributed by atoms with E-state index in [-0.39, 0.29) is 17.6 Å². The number of nitrogens with one attached hydrogen (secondary N) is 1. The third-order valence-corrected chi connectivity index (χ3v) is 4.21. The van der Waals surface area contributed by atoms with E-state index in [0.717, 1.165) is 10.0 Å². The van der Waals surface area contributed by atoms with Crippen molar-refractivity contribution in [1.82, 2.24) is 10.2 Å². The van der Waals surface area contributed by atoms with Crippen molar-refractivity contribution < 1.29 is 14.0 Å². The summed E-state index contributed by atoms with van der Waals surface area (Å²) >= 11 is 3.34. The zero-order valence-electron chi connectivity index (χ0n) is 13.3. The van der Waals surface area contributed by atoms with Crippen LogP contribution in [-0.2, 0) is 11.3 Å². The third kappa shape index (κ3) is 5.16. The number of nitrogens with zero attached hydrogens (tertiary/aromatic N) is 1. The molecule has 0 radical (unpaired) electrons. The fourth-order valence-electron chi connectivity index (χ4n) is 2.20. The van der Waals surface area contributed by atoms with Gasteiger partial charge in [0.25, 0.3) is 5.91 Å². The number of rotatable bonds is 6. The highest BCUT2D eigenvalue weighted by Gasteiger charge is 2.12. The fourth-order valence-corrected chi connectivity index (χ4v) is 2.67. The first kappa shape index (κ1) is 18.1. The normalized spacial score (nSPS) is 10.3. The van der Waals surface area contributed by atoms with Crippen LogP contribution in [0.2, 0.25) is 0 Å². The lowest BCUT2D eigenvalue weighted by Crippen LogP contribution is -2.37. The van der Waals surface area contributed by atoms with Crippen LogP contribution in [0.4, 0.5) is 4.39 Å². The smallest absolute Gasteiger partial charge is 0.252 e. The number of benzene rings is 2. The van der Waals surface area contributed by atoms with Crippen molar-refractivity contribution in [3.63, 3.8) is 0 Å². The van der Waals surface area contributed by atoms with Gasteiger partial charge in [0, 0.05) is 31.0 Å². The van der Waals surface area contributed by atoms with Gasteiger partial charge in [-0.15, -0.1) is 0 Å². The van der Waals surface area contributed by atoms with Crippen molar-refractivity contribution in [2.24, 2.45) is 0 Å². The molecule has 0 aliphatic carbocycles. The fraction of sp³-hybridized carbons (Fsp3) is 0.222. The molecule has 2 aromatic carbocycles. The van der Waals surface area contributed by atoms with Gasteiger partial charge in [0.05, 0.1) is 5.56 Å². The number of carbonyl (C=O) groups excluding carboxylic acids is 2. The van der Waals surface area contributed by atoms with Crippen LogP contribution in [0.15, 0.2) is 53.0 Å². The average Bonchev–Trinajstić information content (AvgIpc) is 2.56. The maximum Gasteiger partial charge on any atom is 0.252 e. The van der Waals surface area contributed by atoms with Gasteiger partial charge in [-0.05, 0) is 45.8 Å². The Labute approximate surface area is 148 Å². The van der Waals surface area contributed by atoms with E-state index in [0.29, 0.717) is 25.2 Å². The van der Waals surface area contributed by atoms with Gasteiger partial charge in [0.15, 0.2) is 0 Å². The second-order valence-corrected chi connectivity index (χ2v) is 6.16. The molecule has 0 saturated heterocycles.